The monoisotopic (exact) mass is 229 g/mol. The van der Waals surface area contributed by atoms with E-state index in [1.54, 1.807) is 18.5 Å². The number of pyridine rings is 1. The van der Waals surface area contributed by atoms with Crippen LogP contribution in [0.25, 0.3) is 21.3 Å². The largest absolute Gasteiger partial charge is 0.272 e. The fraction of sp³-hybridized carbons (Fsp3) is 0. The van der Waals surface area contributed by atoms with Crippen molar-refractivity contribution in [3.8, 4) is 11.3 Å². The first-order chi connectivity index (χ1) is 7.86. The summed E-state index contributed by atoms with van der Waals surface area (Å²) in [7, 11) is 0. The molecular formula is C11H7N3OS. The number of hydrogen-bond donors (Lipinski definition) is 1. The molecule has 3 heterocycles. The van der Waals surface area contributed by atoms with E-state index in [1.165, 1.54) is 11.3 Å². The van der Waals surface area contributed by atoms with Crippen LogP contribution in [0.3, 0.4) is 0 Å². The van der Waals surface area contributed by atoms with Gasteiger partial charge in [-0.2, -0.15) is 5.10 Å². The second kappa shape index (κ2) is 3.53. The molecule has 0 aromatic carbocycles. The van der Waals surface area contributed by atoms with Crippen LogP contribution in [0.2, 0.25) is 0 Å². The topological polar surface area (TPSA) is 58.6 Å². The maximum Gasteiger partial charge on any atom is 0.272 e. The highest BCUT2D eigenvalue weighted by Crippen LogP contribution is 2.27. The van der Waals surface area contributed by atoms with Crippen LogP contribution in [0, 0.1) is 0 Å². The molecule has 0 atom stereocenters. The summed E-state index contributed by atoms with van der Waals surface area (Å²) in [5, 5.41) is 9.15. The minimum atomic E-state index is -0.149. The SMILES string of the molecule is O=c1[nH]nc(-c2cccnc2)c2sccc12. The van der Waals surface area contributed by atoms with Crippen LogP contribution in [0.4, 0.5) is 0 Å². The minimum absolute atomic E-state index is 0.149. The van der Waals surface area contributed by atoms with E-state index in [-0.39, 0.29) is 5.56 Å². The van der Waals surface area contributed by atoms with Crippen molar-refractivity contribution < 1.29 is 0 Å². The van der Waals surface area contributed by atoms with Crippen molar-refractivity contribution >= 4 is 21.4 Å². The van der Waals surface area contributed by atoms with Crippen molar-refractivity contribution in [3.63, 3.8) is 0 Å². The molecule has 3 rings (SSSR count). The molecule has 3 aromatic rings. The lowest BCUT2D eigenvalue weighted by Gasteiger charge is -1.99. The average molecular weight is 229 g/mol. The number of fused-ring (bicyclic) bond motifs is 1. The predicted octanol–water partition coefficient (Wildman–Crippen LogP) is 2.05. The summed E-state index contributed by atoms with van der Waals surface area (Å²) < 4.78 is 0.900. The molecule has 5 heteroatoms. The molecule has 0 bridgehead atoms. The third-order valence-corrected chi connectivity index (χ3v) is 3.25. The molecule has 0 aliphatic rings. The zero-order valence-corrected chi connectivity index (χ0v) is 8.99. The molecule has 0 saturated carbocycles. The Hall–Kier alpha value is -2.01. The summed E-state index contributed by atoms with van der Waals surface area (Å²) in [5.74, 6) is 0. The van der Waals surface area contributed by atoms with Crippen LogP contribution < -0.4 is 5.56 Å². The van der Waals surface area contributed by atoms with Gasteiger partial charge in [-0.25, -0.2) is 5.10 Å². The third-order valence-electron chi connectivity index (χ3n) is 2.33. The molecule has 0 amide bonds. The highest BCUT2D eigenvalue weighted by molar-refractivity contribution is 7.17. The maximum absolute atomic E-state index is 11.5. The molecule has 0 fully saturated rings. The second-order valence-electron chi connectivity index (χ2n) is 3.31. The van der Waals surface area contributed by atoms with Crippen molar-refractivity contribution in [2.75, 3.05) is 0 Å². The van der Waals surface area contributed by atoms with Crippen LogP contribution in [0.5, 0.6) is 0 Å². The molecule has 16 heavy (non-hydrogen) atoms. The van der Waals surface area contributed by atoms with Crippen molar-refractivity contribution in [2.24, 2.45) is 0 Å². The van der Waals surface area contributed by atoms with Crippen molar-refractivity contribution in [1.82, 2.24) is 15.2 Å². The first kappa shape index (κ1) is 9.23. The summed E-state index contributed by atoms with van der Waals surface area (Å²) in [4.78, 5) is 15.5. The Morgan fingerprint density at radius 3 is 3.06 bits per heavy atom. The quantitative estimate of drug-likeness (QED) is 0.694. The second-order valence-corrected chi connectivity index (χ2v) is 4.22. The molecule has 0 radical (unpaired) electrons. The van der Waals surface area contributed by atoms with Gasteiger partial charge in [-0.15, -0.1) is 11.3 Å². The Balaban J connectivity index is 2.37. The van der Waals surface area contributed by atoms with Gasteiger partial charge in [0.15, 0.2) is 0 Å². The molecule has 0 aliphatic heterocycles. The number of nitrogens with one attached hydrogen (secondary N) is 1. The first-order valence-corrected chi connectivity index (χ1v) is 5.60. The van der Waals surface area contributed by atoms with E-state index < -0.39 is 0 Å². The average Bonchev–Trinajstić information content (AvgIpc) is 2.81. The fourth-order valence-corrected chi connectivity index (χ4v) is 2.49. The Labute approximate surface area is 94.6 Å². The number of H-pyrrole nitrogens is 1. The smallest absolute Gasteiger partial charge is 0.267 e. The van der Waals surface area contributed by atoms with Crippen molar-refractivity contribution in [2.45, 2.75) is 0 Å². The Morgan fingerprint density at radius 1 is 1.31 bits per heavy atom. The number of nitrogens with zero attached hydrogens (tertiary/aromatic N) is 2. The van der Waals surface area contributed by atoms with Gasteiger partial charge in [-0.1, -0.05) is 0 Å². The molecule has 0 saturated heterocycles. The Morgan fingerprint density at radius 2 is 2.25 bits per heavy atom. The van der Waals surface area contributed by atoms with E-state index in [9.17, 15) is 4.79 Å². The lowest BCUT2D eigenvalue weighted by atomic mass is 10.2. The number of thiophene rings is 1. The first-order valence-electron chi connectivity index (χ1n) is 4.72. The van der Waals surface area contributed by atoms with Gasteiger partial charge < -0.3 is 0 Å². The highest BCUT2D eigenvalue weighted by atomic mass is 32.1. The zero-order valence-electron chi connectivity index (χ0n) is 8.18. The van der Waals surface area contributed by atoms with Crippen LogP contribution in [0.15, 0.2) is 40.8 Å². The van der Waals surface area contributed by atoms with E-state index in [2.05, 4.69) is 15.2 Å². The molecule has 78 valence electrons. The van der Waals surface area contributed by atoms with E-state index in [4.69, 9.17) is 0 Å². The van der Waals surface area contributed by atoms with Crippen LogP contribution in [-0.2, 0) is 0 Å². The minimum Gasteiger partial charge on any atom is -0.267 e. The van der Waals surface area contributed by atoms with E-state index in [0.29, 0.717) is 5.39 Å². The van der Waals surface area contributed by atoms with Crippen LogP contribution in [0.1, 0.15) is 0 Å². The van der Waals surface area contributed by atoms with Gasteiger partial charge in [0.2, 0.25) is 0 Å². The number of aromatic amines is 1. The molecule has 4 nitrogen and oxygen atoms in total. The van der Waals surface area contributed by atoms with Crippen LogP contribution >= 0.6 is 11.3 Å². The summed E-state index contributed by atoms with van der Waals surface area (Å²) in [6.45, 7) is 0. The van der Waals surface area contributed by atoms with Gasteiger partial charge >= 0.3 is 0 Å². The molecule has 1 N–H and O–H groups in total. The van der Waals surface area contributed by atoms with Gasteiger partial charge in [0, 0.05) is 18.0 Å². The summed E-state index contributed by atoms with van der Waals surface area (Å²) in [6.07, 6.45) is 3.45. The van der Waals surface area contributed by atoms with Gasteiger partial charge in [-0.05, 0) is 23.6 Å². The normalized spacial score (nSPS) is 10.8. The Bertz CT molecular complexity index is 687. The van der Waals surface area contributed by atoms with Gasteiger partial charge in [-0.3, -0.25) is 9.78 Å². The number of hydrogen-bond acceptors (Lipinski definition) is 4. The maximum atomic E-state index is 11.5. The Kier molecular flexibility index (Phi) is 2.04. The summed E-state index contributed by atoms with van der Waals surface area (Å²) in [5.41, 5.74) is 1.53. The van der Waals surface area contributed by atoms with Gasteiger partial charge in [0.1, 0.15) is 5.69 Å². The molecule has 0 spiro atoms. The molecule has 3 aromatic heterocycles. The third kappa shape index (κ3) is 1.33. The van der Waals surface area contributed by atoms with Gasteiger partial charge in [0.25, 0.3) is 5.56 Å². The molecular weight excluding hydrogens is 222 g/mol. The zero-order chi connectivity index (χ0) is 11.0. The number of rotatable bonds is 1. The van der Waals surface area contributed by atoms with Gasteiger partial charge in [0.05, 0.1) is 10.1 Å². The lowest BCUT2D eigenvalue weighted by molar-refractivity contribution is 1.02. The summed E-state index contributed by atoms with van der Waals surface area (Å²) in [6, 6.07) is 5.58. The van der Waals surface area contributed by atoms with E-state index >= 15 is 0 Å². The van der Waals surface area contributed by atoms with Crippen LogP contribution in [-0.4, -0.2) is 15.2 Å². The molecule has 0 aliphatic carbocycles. The van der Waals surface area contributed by atoms with Crippen molar-refractivity contribution in [1.29, 1.82) is 0 Å². The number of aromatic nitrogens is 3. The fourth-order valence-electron chi connectivity index (χ4n) is 1.59. The van der Waals surface area contributed by atoms with E-state index in [1.807, 2.05) is 17.5 Å². The summed E-state index contributed by atoms with van der Waals surface area (Å²) >= 11 is 1.51. The highest BCUT2D eigenvalue weighted by Gasteiger charge is 2.09. The van der Waals surface area contributed by atoms with E-state index in [0.717, 1.165) is 16.0 Å². The predicted molar refractivity (Wildman–Crippen MR) is 63.5 cm³/mol. The lowest BCUT2D eigenvalue weighted by Crippen LogP contribution is -2.07. The standard InChI is InChI=1S/C11H7N3OS/c15-11-8-3-5-16-10(8)9(13-14-11)7-2-1-4-12-6-7/h1-6H,(H,14,15). The van der Waals surface area contributed by atoms with Crippen molar-refractivity contribution in [3.05, 3.63) is 46.3 Å². The molecule has 0 unspecified atom stereocenters.